The lowest BCUT2D eigenvalue weighted by Crippen LogP contribution is -2.52. The Balaban J connectivity index is 2.23. The molecule has 2 rings (SSSR count). The van der Waals surface area contributed by atoms with Gasteiger partial charge in [-0.25, -0.2) is 4.79 Å². The van der Waals surface area contributed by atoms with E-state index in [9.17, 15) is 9.59 Å². The smallest absolute Gasteiger partial charge is 0.422 e. The molecule has 0 unspecified atom stereocenters. The maximum Gasteiger partial charge on any atom is 0.422 e. The second-order valence-corrected chi connectivity index (χ2v) is 6.55. The standard InChI is InChI=1S/C17H22N2O3/c1-16(2,3)22-15(21)18-19-11-13(12-20)10-17(19,4)14-8-6-5-7-9-14/h5-10,12H,11H2,1-4H3,(H,18,21)/t17-/m1/s1. The van der Waals surface area contributed by atoms with E-state index in [2.05, 4.69) is 5.43 Å². The number of amides is 1. The molecule has 0 radical (unpaired) electrons. The first-order chi connectivity index (χ1) is 10.2. The molecule has 0 aliphatic carbocycles. The van der Waals surface area contributed by atoms with Gasteiger partial charge in [0.05, 0.1) is 5.54 Å². The minimum atomic E-state index is -0.589. The molecule has 0 aromatic heterocycles. The third kappa shape index (κ3) is 3.54. The maximum atomic E-state index is 12.0. The van der Waals surface area contributed by atoms with E-state index in [0.29, 0.717) is 12.1 Å². The monoisotopic (exact) mass is 302 g/mol. The number of hydrazine groups is 1. The number of rotatable bonds is 3. The summed E-state index contributed by atoms with van der Waals surface area (Å²) < 4.78 is 5.29. The highest BCUT2D eigenvalue weighted by Crippen LogP contribution is 2.34. The molecular weight excluding hydrogens is 280 g/mol. The topological polar surface area (TPSA) is 58.6 Å². The zero-order chi connectivity index (χ0) is 16.4. The second-order valence-electron chi connectivity index (χ2n) is 6.55. The lowest BCUT2D eigenvalue weighted by atomic mass is 9.92. The molecule has 0 saturated carbocycles. The molecule has 5 nitrogen and oxygen atoms in total. The number of carbonyl (C=O) groups excluding carboxylic acids is 2. The lowest BCUT2D eigenvalue weighted by Gasteiger charge is -2.35. The van der Waals surface area contributed by atoms with Gasteiger partial charge in [0, 0.05) is 12.1 Å². The van der Waals surface area contributed by atoms with Crippen molar-refractivity contribution >= 4 is 12.4 Å². The van der Waals surface area contributed by atoms with E-state index in [1.54, 1.807) is 5.01 Å². The number of benzene rings is 1. The Kier molecular flexibility index (Phi) is 4.37. The van der Waals surface area contributed by atoms with E-state index >= 15 is 0 Å². The molecule has 1 aromatic rings. The van der Waals surface area contributed by atoms with Crippen molar-refractivity contribution in [2.45, 2.75) is 38.8 Å². The highest BCUT2D eigenvalue weighted by molar-refractivity contribution is 5.76. The molecule has 1 N–H and O–H groups in total. The fraction of sp³-hybridized carbons (Fsp3) is 0.412. The molecule has 0 bridgehead atoms. The Morgan fingerprint density at radius 2 is 1.95 bits per heavy atom. The van der Waals surface area contributed by atoms with Crippen molar-refractivity contribution in [3.8, 4) is 0 Å². The lowest BCUT2D eigenvalue weighted by molar-refractivity contribution is -0.105. The largest absolute Gasteiger partial charge is 0.443 e. The number of hydrogen-bond acceptors (Lipinski definition) is 4. The van der Waals surface area contributed by atoms with Gasteiger partial charge in [-0.05, 0) is 33.3 Å². The van der Waals surface area contributed by atoms with Gasteiger partial charge in [0.15, 0.2) is 0 Å². The van der Waals surface area contributed by atoms with Crippen LogP contribution in [0.5, 0.6) is 0 Å². The summed E-state index contributed by atoms with van der Waals surface area (Å²) in [4.78, 5) is 23.2. The Hall–Kier alpha value is -2.14. The van der Waals surface area contributed by atoms with Crippen LogP contribution >= 0.6 is 0 Å². The summed E-state index contributed by atoms with van der Waals surface area (Å²) in [7, 11) is 0. The third-order valence-electron chi connectivity index (χ3n) is 3.50. The highest BCUT2D eigenvalue weighted by Gasteiger charge is 2.39. The minimum absolute atomic E-state index is 0.341. The highest BCUT2D eigenvalue weighted by atomic mass is 16.6. The van der Waals surface area contributed by atoms with E-state index in [4.69, 9.17) is 4.74 Å². The summed E-state index contributed by atoms with van der Waals surface area (Å²) in [6, 6.07) is 9.72. The number of nitrogens with one attached hydrogen (secondary N) is 1. The first-order valence-electron chi connectivity index (χ1n) is 7.24. The quantitative estimate of drug-likeness (QED) is 0.872. The van der Waals surface area contributed by atoms with Crippen LogP contribution in [0.25, 0.3) is 0 Å². The first kappa shape index (κ1) is 16.2. The Bertz CT molecular complexity index is 590. The summed E-state index contributed by atoms with van der Waals surface area (Å²) in [5.41, 5.74) is 3.20. The number of aldehydes is 1. The van der Waals surface area contributed by atoms with Gasteiger partial charge in [-0.3, -0.25) is 10.2 Å². The van der Waals surface area contributed by atoms with E-state index in [0.717, 1.165) is 11.8 Å². The fourth-order valence-electron chi connectivity index (χ4n) is 2.48. The number of nitrogens with zero attached hydrogens (tertiary/aromatic N) is 1. The third-order valence-corrected chi connectivity index (χ3v) is 3.50. The normalized spacial score (nSPS) is 22.1. The van der Waals surface area contributed by atoms with Crippen molar-refractivity contribution < 1.29 is 14.3 Å². The minimum Gasteiger partial charge on any atom is -0.443 e. The van der Waals surface area contributed by atoms with Gasteiger partial charge in [-0.2, -0.15) is 5.01 Å². The first-order valence-corrected chi connectivity index (χ1v) is 7.24. The predicted molar refractivity (Wildman–Crippen MR) is 84.0 cm³/mol. The molecule has 0 saturated heterocycles. The number of carbonyl (C=O) groups is 2. The molecule has 1 heterocycles. The Morgan fingerprint density at radius 3 is 2.50 bits per heavy atom. The van der Waals surface area contributed by atoms with Gasteiger partial charge < -0.3 is 4.74 Å². The zero-order valence-electron chi connectivity index (χ0n) is 13.4. The summed E-state index contributed by atoms with van der Waals surface area (Å²) >= 11 is 0. The molecule has 1 aromatic carbocycles. The molecule has 1 aliphatic rings. The van der Waals surface area contributed by atoms with Gasteiger partial charge in [0.25, 0.3) is 0 Å². The Morgan fingerprint density at radius 1 is 1.32 bits per heavy atom. The summed E-state index contributed by atoms with van der Waals surface area (Å²) in [5.74, 6) is 0. The van der Waals surface area contributed by atoms with Crippen LogP contribution in [-0.4, -0.2) is 29.5 Å². The fourth-order valence-corrected chi connectivity index (χ4v) is 2.48. The average Bonchev–Trinajstić information content (AvgIpc) is 2.75. The average molecular weight is 302 g/mol. The van der Waals surface area contributed by atoms with Crippen molar-refractivity contribution in [2.75, 3.05) is 6.54 Å². The molecule has 0 spiro atoms. The van der Waals surface area contributed by atoms with E-state index in [1.165, 1.54) is 0 Å². The molecule has 5 heteroatoms. The van der Waals surface area contributed by atoms with E-state index < -0.39 is 17.2 Å². The Labute approximate surface area is 130 Å². The van der Waals surface area contributed by atoms with Crippen molar-refractivity contribution in [1.82, 2.24) is 10.4 Å². The van der Waals surface area contributed by atoms with Gasteiger partial charge >= 0.3 is 6.09 Å². The van der Waals surface area contributed by atoms with Crippen LogP contribution < -0.4 is 5.43 Å². The molecular formula is C17H22N2O3. The van der Waals surface area contributed by atoms with Crippen molar-refractivity contribution in [2.24, 2.45) is 0 Å². The van der Waals surface area contributed by atoms with Crippen LogP contribution in [0.1, 0.15) is 33.3 Å². The molecule has 1 aliphatic heterocycles. The molecule has 22 heavy (non-hydrogen) atoms. The van der Waals surface area contributed by atoms with Crippen LogP contribution in [0.4, 0.5) is 4.79 Å². The summed E-state index contributed by atoms with van der Waals surface area (Å²) in [5, 5.41) is 1.72. The van der Waals surface area contributed by atoms with E-state index in [1.807, 2.05) is 64.1 Å². The van der Waals surface area contributed by atoms with Crippen molar-refractivity contribution in [3.05, 3.63) is 47.5 Å². The molecule has 0 fully saturated rings. The SMILES string of the molecule is CC(C)(C)OC(=O)NN1CC(C=O)=C[C@]1(C)c1ccccc1. The zero-order valence-corrected chi connectivity index (χ0v) is 13.4. The van der Waals surface area contributed by atoms with E-state index in [-0.39, 0.29) is 0 Å². The van der Waals surface area contributed by atoms with Crippen LogP contribution in [0.3, 0.4) is 0 Å². The van der Waals surface area contributed by atoms with Crippen molar-refractivity contribution in [3.63, 3.8) is 0 Å². The van der Waals surface area contributed by atoms with Crippen LogP contribution in [0.2, 0.25) is 0 Å². The van der Waals surface area contributed by atoms with Crippen LogP contribution in [-0.2, 0) is 15.1 Å². The number of hydrogen-bond donors (Lipinski definition) is 1. The molecule has 118 valence electrons. The van der Waals surface area contributed by atoms with Gasteiger partial charge in [-0.1, -0.05) is 36.4 Å². The van der Waals surface area contributed by atoms with Gasteiger partial charge in [-0.15, -0.1) is 0 Å². The van der Waals surface area contributed by atoms with Crippen molar-refractivity contribution in [1.29, 1.82) is 0 Å². The number of ether oxygens (including phenoxy) is 1. The second kappa shape index (κ2) is 5.93. The summed E-state index contributed by atoms with van der Waals surface area (Å²) in [6.45, 7) is 7.72. The van der Waals surface area contributed by atoms with Crippen LogP contribution in [0, 0.1) is 0 Å². The summed E-state index contributed by atoms with van der Waals surface area (Å²) in [6.07, 6.45) is 2.15. The predicted octanol–water partition coefficient (Wildman–Crippen LogP) is 2.78. The van der Waals surface area contributed by atoms with Gasteiger partial charge in [0.2, 0.25) is 0 Å². The van der Waals surface area contributed by atoms with Crippen LogP contribution in [0.15, 0.2) is 42.0 Å². The van der Waals surface area contributed by atoms with Gasteiger partial charge in [0.1, 0.15) is 11.9 Å². The maximum absolute atomic E-state index is 12.0. The molecule has 1 amide bonds. The molecule has 1 atom stereocenters.